The smallest absolute Gasteiger partial charge is 0.0469 e. The van der Waals surface area contributed by atoms with E-state index in [0.717, 1.165) is 32.0 Å². The van der Waals surface area contributed by atoms with Gasteiger partial charge in [-0.2, -0.15) is 0 Å². The Morgan fingerprint density at radius 1 is 1.33 bits per heavy atom. The zero-order valence-corrected chi connectivity index (χ0v) is 8.65. The lowest BCUT2D eigenvalue weighted by Gasteiger charge is -2.12. The van der Waals surface area contributed by atoms with E-state index in [-0.39, 0.29) is 0 Å². The minimum Gasteiger partial charge on any atom is -0.381 e. The summed E-state index contributed by atoms with van der Waals surface area (Å²) in [6.45, 7) is 3.95. The third kappa shape index (κ3) is 3.32. The van der Waals surface area contributed by atoms with E-state index >= 15 is 0 Å². The molecule has 1 rings (SSSR count). The van der Waals surface area contributed by atoms with Gasteiger partial charge in [-0.1, -0.05) is 13.3 Å². The van der Waals surface area contributed by atoms with Crippen LogP contribution >= 0.6 is 11.6 Å². The van der Waals surface area contributed by atoms with Crippen molar-refractivity contribution < 1.29 is 4.74 Å². The van der Waals surface area contributed by atoms with Gasteiger partial charge in [0.05, 0.1) is 0 Å². The molecule has 1 aliphatic carbocycles. The van der Waals surface area contributed by atoms with Crippen LogP contribution in [0.5, 0.6) is 0 Å². The molecule has 1 aliphatic rings. The van der Waals surface area contributed by atoms with Gasteiger partial charge in [-0.3, -0.25) is 0 Å². The normalized spacial score (nSPS) is 29.5. The quantitative estimate of drug-likeness (QED) is 0.478. The average Bonchev–Trinajstić information content (AvgIpc) is 2.46. The predicted molar refractivity (Wildman–Crippen MR) is 52.7 cm³/mol. The Bertz CT molecular complexity index is 116. The Kier molecular flexibility index (Phi) is 5.01. The third-order valence-corrected chi connectivity index (χ3v) is 3.12. The molecule has 72 valence electrons. The Labute approximate surface area is 80.4 Å². The van der Waals surface area contributed by atoms with Gasteiger partial charge in [0.15, 0.2) is 0 Å². The molecule has 1 fully saturated rings. The lowest BCUT2D eigenvalue weighted by atomic mass is 10.0. The zero-order valence-electron chi connectivity index (χ0n) is 7.89. The standard InChI is InChI=1S/C10H19ClO/c1-2-7-12-8-6-9-4-3-5-10(9)11/h9-10H,2-8H2,1H3. The van der Waals surface area contributed by atoms with Crippen molar-refractivity contribution in [3.05, 3.63) is 0 Å². The molecule has 2 unspecified atom stereocenters. The highest BCUT2D eigenvalue weighted by atomic mass is 35.5. The van der Waals surface area contributed by atoms with Crippen LogP contribution in [-0.2, 0) is 4.74 Å². The van der Waals surface area contributed by atoms with Crippen LogP contribution in [0.15, 0.2) is 0 Å². The molecule has 0 radical (unpaired) electrons. The van der Waals surface area contributed by atoms with Crippen LogP contribution in [0.4, 0.5) is 0 Å². The summed E-state index contributed by atoms with van der Waals surface area (Å²) in [7, 11) is 0. The fourth-order valence-corrected chi connectivity index (χ4v) is 2.20. The van der Waals surface area contributed by atoms with Gasteiger partial charge >= 0.3 is 0 Å². The maximum Gasteiger partial charge on any atom is 0.0469 e. The van der Waals surface area contributed by atoms with E-state index in [1.807, 2.05) is 0 Å². The van der Waals surface area contributed by atoms with Crippen molar-refractivity contribution in [2.24, 2.45) is 5.92 Å². The number of alkyl halides is 1. The second-order valence-electron chi connectivity index (χ2n) is 3.61. The first-order valence-electron chi connectivity index (χ1n) is 5.06. The Balaban J connectivity index is 1.98. The Morgan fingerprint density at radius 3 is 2.75 bits per heavy atom. The maximum atomic E-state index is 6.14. The topological polar surface area (TPSA) is 9.23 Å². The van der Waals surface area contributed by atoms with E-state index in [2.05, 4.69) is 6.92 Å². The van der Waals surface area contributed by atoms with Crippen LogP contribution in [-0.4, -0.2) is 18.6 Å². The number of halogens is 1. The Hall–Kier alpha value is 0.250. The third-order valence-electron chi connectivity index (χ3n) is 2.55. The second-order valence-corrected chi connectivity index (χ2v) is 4.17. The summed E-state index contributed by atoms with van der Waals surface area (Å²) in [6, 6.07) is 0. The summed E-state index contributed by atoms with van der Waals surface area (Å²) >= 11 is 6.14. The molecule has 0 aromatic rings. The van der Waals surface area contributed by atoms with Crippen molar-refractivity contribution in [3.63, 3.8) is 0 Å². The fourth-order valence-electron chi connectivity index (χ4n) is 1.80. The number of hydrogen-bond donors (Lipinski definition) is 0. The van der Waals surface area contributed by atoms with Crippen LogP contribution in [0.25, 0.3) is 0 Å². The monoisotopic (exact) mass is 190 g/mol. The summed E-state index contributed by atoms with van der Waals surface area (Å²) in [5, 5.41) is 0.426. The highest BCUT2D eigenvalue weighted by Gasteiger charge is 2.24. The molecular weight excluding hydrogens is 172 g/mol. The summed E-state index contributed by atoms with van der Waals surface area (Å²) < 4.78 is 5.43. The van der Waals surface area contributed by atoms with Crippen LogP contribution < -0.4 is 0 Å². The summed E-state index contributed by atoms with van der Waals surface area (Å²) in [5.74, 6) is 0.725. The van der Waals surface area contributed by atoms with Crippen molar-refractivity contribution >= 4 is 11.6 Å². The van der Waals surface area contributed by atoms with Gasteiger partial charge in [-0.25, -0.2) is 0 Å². The second kappa shape index (κ2) is 5.82. The van der Waals surface area contributed by atoms with Crippen molar-refractivity contribution in [1.29, 1.82) is 0 Å². The molecule has 0 heterocycles. The minimum atomic E-state index is 0.426. The van der Waals surface area contributed by atoms with Gasteiger partial charge in [0.2, 0.25) is 0 Å². The van der Waals surface area contributed by atoms with Crippen molar-refractivity contribution in [1.82, 2.24) is 0 Å². The van der Waals surface area contributed by atoms with E-state index in [1.165, 1.54) is 19.3 Å². The number of rotatable bonds is 5. The van der Waals surface area contributed by atoms with E-state index in [0.29, 0.717) is 5.38 Å². The lowest BCUT2D eigenvalue weighted by Crippen LogP contribution is -2.10. The van der Waals surface area contributed by atoms with Gasteiger partial charge in [0, 0.05) is 18.6 Å². The van der Waals surface area contributed by atoms with E-state index in [4.69, 9.17) is 16.3 Å². The van der Waals surface area contributed by atoms with Crippen molar-refractivity contribution in [3.8, 4) is 0 Å². The number of ether oxygens (including phenoxy) is 1. The van der Waals surface area contributed by atoms with Crippen LogP contribution in [0.3, 0.4) is 0 Å². The Morgan fingerprint density at radius 2 is 2.17 bits per heavy atom. The summed E-state index contributed by atoms with van der Waals surface area (Å²) in [5.41, 5.74) is 0. The highest BCUT2D eigenvalue weighted by Crippen LogP contribution is 2.32. The molecule has 0 spiro atoms. The summed E-state index contributed by atoms with van der Waals surface area (Å²) in [4.78, 5) is 0. The van der Waals surface area contributed by atoms with E-state index in [1.54, 1.807) is 0 Å². The first-order valence-corrected chi connectivity index (χ1v) is 5.50. The molecule has 1 nitrogen and oxygen atoms in total. The highest BCUT2D eigenvalue weighted by molar-refractivity contribution is 6.20. The van der Waals surface area contributed by atoms with Gasteiger partial charge < -0.3 is 4.74 Å². The molecule has 0 bridgehead atoms. The maximum absolute atomic E-state index is 6.14. The predicted octanol–water partition coefficient (Wildman–Crippen LogP) is 3.21. The van der Waals surface area contributed by atoms with Gasteiger partial charge in [0.25, 0.3) is 0 Å². The molecule has 0 aromatic carbocycles. The lowest BCUT2D eigenvalue weighted by molar-refractivity contribution is 0.121. The first kappa shape index (κ1) is 10.3. The van der Waals surface area contributed by atoms with Crippen LogP contribution in [0.2, 0.25) is 0 Å². The number of hydrogen-bond acceptors (Lipinski definition) is 1. The average molecular weight is 191 g/mol. The molecule has 0 amide bonds. The molecule has 0 aromatic heterocycles. The summed E-state index contributed by atoms with van der Waals surface area (Å²) in [6.07, 6.45) is 6.11. The van der Waals surface area contributed by atoms with Crippen molar-refractivity contribution in [2.45, 2.75) is 44.4 Å². The first-order chi connectivity index (χ1) is 5.84. The fraction of sp³-hybridized carbons (Fsp3) is 1.00. The van der Waals surface area contributed by atoms with Crippen LogP contribution in [0.1, 0.15) is 39.0 Å². The minimum absolute atomic E-state index is 0.426. The molecule has 0 N–H and O–H groups in total. The van der Waals surface area contributed by atoms with Gasteiger partial charge in [-0.15, -0.1) is 11.6 Å². The van der Waals surface area contributed by atoms with E-state index in [9.17, 15) is 0 Å². The van der Waals surface area contributed by atoms with Crippen molar-refractivity contribution in [2.75, 3.05) is 13.2 Å². The molecule has 0 saturated heterocycles. The molecule has 2 atom stereocenters. The van der Waals surface area contributed by atoms with Crippen LogP contribution in [0, 0.1) is 5.92 Å². The van der Waals surface area contributed by atoms with Gasteiger partial charge in [0.1, 0.15) is 0 Å². The van der Waals surface area contributed by atoms with Gasteiger partial charge in [-0.05, 0) is 31.6 Å². The zero-order chi connectivity index (χ0) is 8.81. The molecule has 0 aliphatic heterocycles. The SMILES string of the molecule is CCCOCCC1CCCC1Cl. The largest absolute Gasteiger partial charge is 0.381 e. The van der Waals surface area contributed by atoms with E-state index < -0.39 is 0 Å². The molecule has 12 heavy (non-hydrogen) atoms. The molecule has 2 heteroatoms. The molecule has 1 saturated carbocycles. The molecular formula is C10H19ClO.